The Morgan fingerprint density at radius 2 is 1.66 bits per heavy atom. The summed E-state index contributed by atoms with van der Waals surface area (Å²) in [7, 11) is 0. The number of primary amides is 2. The topological polar surface area (TPSA) is 124 Å². The second-order valence-corrected chi connectivity index (χ2v) is 8.85. The Hall–Kier alpha value is -3.99. The molecule has 3 aromatic rings. The van der Waals surface area contributed by atoms with Gasteiger partial charge in [0, 0.05) is 35.7 Å². The average Bonchev–Trinajstić information content (AvgIpc) is 2.87. The first-order valence-electron chi connectivity index (χ1n) is 12.1. The molecule has 2 aromatic carbocycles. The molecule has 0 aliphatic heterocycles. The largest absolute Gasteiger partial charge is 0.457 e. The van der Waals surface area contributed by atoms with Crippen LogP contribution in [0.5, 0.6) is 11.5 Å². The summed E-state index contributed by atoms with van der Waals surface area (Å²) in [5.41, 5.74) is 11.4. The van der Waals surface area contributed by atoms with E-state index in [-0.39, 0.29) is 17.9 Å². The van der Waals surface area contributed by atoms with Crippen molar-refractivity contribution in [2.24, 2.45) is 17.4 Å². The van der Waals surface area contributed by atoms with E-state index in [0.29, 0.717) is 48.0 Å². The highest BCUT2D eigenvalue weighted by atomic mass is 19.4. The number of nitrogens with zero attached hydrogens (tertiary/aromatic N) is 3. The Labute approximate surface area is 218 Å². The Kier molecular flexibility index (Phi) is 9.05. The number of halogens is 3. The molecule has 1 heterocycles. The van der Waals surface area contributed by atoms with E-state index in [2.05, 4.69) is 9.97 Å². The van der Waals surface area contributed by atoms with Crippen LogP contribution in [0, 0.1) is 5.92 Å². The third kappa shape index (κ3) is 7.28. The van der Waals surface area contributed by atoms with E-state index in [1.807, 2.05) is 18.7 Å². The Bertz CT molecular complexity index is 1290. The first kappa shape index (κ1) is 28.6. The summed E-state index contributed by atoms with van der Waals surface area (Å²) in [6.07, 6.45) is -4.26. The minimum atomic E-state index is -4.47. The summed E-state index contributed by atoms with van der Waals surface area (Å²) in [5, 5.41) is 0. The minimum absolute atomic E-state index is 0.00667. The van der Waals surface area contributed by atoms with Crippen molar-refractivity contribution in [1.82, 2.24) is 14.9 Å². The van der Waals surface area contributed by atoms with Crippen molar-refractivity contribution in [3.05, 3.63) is 71.0 Å². The van der Waals surface area contributed by atoms with Gasteiger partial charge in [0.05, 0.1) is 5.56 Å². The van der Waals surface area contributed by atoms with Crippen molar-refractivity contribution in [3.8, 4) is 22.9 Å². The zero-order valence-electron chi connectivity index (χ0n) is 21.4. The van der Waals surface area contributed by atoms with E-state index in [4.69, 9.17) is 16.2 Å². The van der Waals surface area contributed by atoms with Crippen LogP contribution in [0.1, 0.15) is 48.1 Å². The highest BCUT2D eigenvalue weighted by molar-refractivity contribution is 5.91. The lowest BCUT2D eigenvalue weighted by Gasteiger charge is -2.21. The molecule has 0 fully saturated rings. The van der Waals surface area contributed by atoms with Crippen LogP contribution < -0.4 is 16.2 Å². The fraction of sp³-hybridized carbons (Fsp3) is 0.333. The summed E-state index contributed by atoms with van der Waals surface area (Å²) in [6.45, 7) is 7.16. The average molecular weight is 530 g/mol. The van der Waals surface area contributed by atoms with Crippen molar-refractivity contribution in [2.75, 3.05) is 13.1 Å². The van der Waals surface area contributed by atoms with E-state index in [1.54, 1.807) is 31.2 Å². The lowest BCUT2D eigenvalue weighted by molar-refractivity contribution is -0.137. The van der Waals surface area contributed by atoms with Gasteiger partial charge in [0.15, 0.2) is 5.82 Å². The second kappa shape index (κ2) is 12.0. The quantitative estimate of drug-likeness (QED) is 0.375. The van der Waals surface area contributed by atoms with Crippen molar-refractivity contribution in [3.63, 3.8) is 0 Å². The van der Waals surface area contributed by atoms with Gasteiger partial charge in [-0.15, -0.1) is 0 Å². The number of carbonyl (C=O) groups excluding carboxylic acids is 2. The maximum atomic E-state index is 13.3. The second-order valence-electron chi connectivity index (χ2n) is 8.85. The lowest BCUT2D eigenvalue weighted by atomic mass is 10.0. The predicted molar refractivity (Wildman–Crippen MR) is 136 cm³/mol. The SMILES string of the molecule is CCN(CC)Cc1cc(C(F)(F)F)ccc1Oc1ccc(-c2nc(C[C@H](C)C(N)=O)cc(C(N)=O)n2)cc1. The monoisotopic (exact) mass is 529 g/mol. The normalized spacial score (nSPS) is 12.4. The fourth-order valence-corrected chi connectivity index (χ4v) is 3.74. The molecule has 3 rings (SSSR count). The van der Waals surface area contributed by atoms with E-state index in [1.165, 1.54) is 12.1 Å². The number of amides is 2. The van der Waals surface area contributed by atoms with E-state index < -0.39 is 29.5 Å². The molecular formula is C27H30F3N5O3. The molecule has 0 unspecified atom stereocenters. The molecule has 0 aliphatic carbocycles. The third-order valence-corrected chi connectivity index (χ3v) is 6.05. The number of nitrogens with two attached hydrogens (primary N) is 2. The maximum absolute atomic E-state index is 13.3. The molecule has 0 aliphatic rings. The van der Waals surface area contributed by atoms with Gasteiger partial charge in [-0.25, -0.2) is 9.97 Å². The van der Waals surface area contributed by atoms with Crippen LogP contribution in [0.25, 0.3) is 11.4 Å². The highest BCUT2D eigenvalue weighted by Crippen LogP contribution is 2.35. The molecule has 2 amide bonds. The number of carbonyl (C=O) groups is 2. The van der Waals surface area contributed by atoms with E-state index in [0.717, 1.165) is 12.1 Å². The molecule has 0 saturated carbocycles. The van der Waals surface area contributed by atoms with Crippen LogP contribution in [-0.4, -0.2) is 39.8 Å². The molecule has 1 aromatic heterocycles. The molecule has 38 heavy (non-hydrogen) atoms. The number of benzene rings is 2. The van der Waals surface area contributed by atoms with Crippen LogP contribution in [0.15, 0.2) is 48.5 Å². The predicted octanol–water partition coefficient (Wildman–Crippen LogP) is 4.56. The van der Waals surface area contributed by atoms with Crippen LogP contribution in [-0.2, 0) is 23.9 Å². The van der Waals surface area contributed by atoms with E-state index >= 15 is 0 Å². The number of hydrogen-bond acceptors (Lipinski definition) is 6. The molecule has 0 bridgehead atoms. The Morgan fingerprint density at radius 1 is 1.00 bits per heavy atom. The van der Waals surface area contributed by atoms with Crippen LogP contribution >= 0.6 is 0 Å². The molecule has 0 saturated heterocycles. The molecule has 8 nitrogen and oxygen atoms in total. The Balaban J connectivity index is 1.91. The number of hydrogen-bond donors (Lipinski definition) is 2. The summed E-state index contributed by atoms with van der Waals surface area (Å²) in [5.74, 6) is -0.837. The standard InChI is InChI=1S/C27H30F3N5O3/c1-4-35(5-2)15-18-13-19(27(28,29)30)8-11-23(18)38-21-9-6-17(7-10-21)26-33-20(12-16(3)24(31)36)14-22(34-26)25(32)37/h6-11,13-14,16H,4-5,12,15H2,1-3H3,(H2,31,36)(H2,32,37)/t16-/m0/s1. The number of aromatic nitrogens is 2. The molecule has 0 spiro atoms. The number of rotatable bonds is 11. The summed E-state index contributed by atoms with van der Waals surface area (Å²) < 4.78 is 46.0. The zero-order chi connectivity index (χ0) is 28.0. The van der Waals surface area contributed by atoms with Gasteiger partial charge >= 0.3 is 6.18 Å². The van der Waals surface area contributed by atoms with Crippen LogP contribution in [0.2, 0.25) is 0 Å². The molecule has 4 N–H and O–H groups in total. The minimum Gasteiger partial charge on any atom is -0.457 e. The number of alkyl halides is 3. The van der Waals surface area contributed by atoms with Gasteiger partial charge in [0.2, 0.25) is 5.91 Å². The van der Waals surface area contributed by atoms with Crippen LogP contribution in [0.4, 0.5) is 13.2 Å². The lowest BCUT2D eigenvalue weighted by Crippen LogP contribution is -2.23. The number of ether oxygens (including phenoxy) is 1. The van der Waals surface area contributed by atoms with E-state index in [9.17, 15) is 22.8 Å². The smallest absolute Gasteiger partial charge is 0.416 e. The summed E-state index contributed by atoms with van der Waals surface area (Å²) >= 11 is 0. The van der Waals surface area contributed by atoms with Gasteiger partial charge in [0.25, 0.3) is 5.91 Å². The van der Waals surface area contributed by atoms with Gasteiger partial charge < -0.3 is 16.2 Å². The Morgan fingerprint density at radius 3 is 2.21 bits per heavy atom. The fourth-order valence-electron chi connectivity index (χ4n) is 3.74. The highest BCUT2D eigenvalue weighted by Gasteiger charge is 2.31. The maximum Gasteiger partial charge on any atom is 0.416 e. The summed E-state index contributed by atoms with van der Waals surface area (Å²) in [4.78, 5) is 33.9. The summed E-state index contributed by atoms with van der Waals surface area (Å²) in [6, 6.07) is 11.4. The zero-order valence-corrected chi connectivity index (χ0v) is 21.4. The van der Waals surface area contributed by atoms with Gasteiger partial charge in [-0.05, 0) is 61.6 Å². The van der Waals surface area contributed by atoms with Gasteiger partial charge in [-0.3, -0.25) is 14.5 Å². The van der Waals surface area contributed by atoms with Crippen molar-refractivity contribution >= 4 is 11.8 Å². The van der Waals surface area contributed by atoms with Gasteiger partial charge in [-0.2, -0.15) is 13.2 Å². The molecule has 11 heteroatoms. The molecule has 1 atom stereocenters. The van der Waals surface area contributed by atoms with Gasteiger partial charge in [0.1, 0.15) is 17.2 Å². The molecule has 202 valence electrons. The third-order valence-electron chi connectivity index (χ3n) is 6.05. The van der Waals surface area contributed by atoms with Gasteiger partial charge in [-0.1, -0.05) is 20.8 Å². The van der Waals surface area contributed by atoms with Crippen molar-refractivity contribution < 1.29 is 27.5 Å². The first-order valence-corrected chi connectivity index (χ1v) is 12.1. The van der Waals surface area contributed by atoms with Crippen molar-refractivity contribution in [1.29, 1.82) is 0 Å². The van der Waals surface area contributed by atoms with Crippen LogP contribution in [0.3, 0.4) is 0 Å². The molecular weight excluding hydrogens is 499 g/mol. The first-order chi connectivity index (χ1) is 17.9. The van der Waals surface area contributed by atoms with Crippen molar-refractivity contribution in [2.45, 2.75) is 39.9 Å². The molecule has 0 radical (unpaired) electrons.